The number of hydrogen-bond donors (Lipinski definition) is 2. The fourth-order valence-electron chi connectivity index (χ4n) is 1.51. The third-order valence-corrected chi connectivity index (χ3v) is 2.54. The van der Waals surface area contributed by atoms with Gasteiger partial charge in [0.2, 0.25) is 0 Å². The lowest BCUT2D eigenvalue weighted by molar-refractivity contribution is -0.131. The van der Waals surface area contributed by atoms with Crippen LogP contribution in [0.25, 0.3) is 6.08 Å². The molecule has 2 N–H and O–H groups in total. The van der Waals surface area contributed by atoms with Crippen molar-refractivity contribution in [2.45, 2.75) is 19.8 Å². The lowest BCUT2D eigenvalue weighted by Gasteiger charge is -2.09. The molecule has 5 heteroatoms. The molecular formula is C15H19NO4. The van der Waals surface area contributed by atoms with Crippen molar-refractivity contribution in [1.29, 1.82) is 0 Å². The number of amides is 1. The number of unbranched alkanes of at least 4 members (excludes halogenated alkanes) is 1. The average molecular weight is 277 g/mol. The fraction of sp³-hybridized carbons (Fsp3) is 0.333. The highest BCUT2D eigenvalue weighted by Gasteiger charge is 2.04. The first kappa shape index (κ1) is 15.8. The van der Waals surface area contributed by atoms with Gasteiger partial charge < -0.3 is 15.2 Å². The summed E-state index contributed by atoms with van der Waals surface area (Å²) in [6, 6.07) is 6.96. The van der Waals surface area contributed by atoms with Crippen molar-refractivity contribution in [3.8, 4) is 5.75 Å². The van der Waals surface area contributed by atoms with Gasteiger partial charge in [-0.15, -0.1) is 0 Å². The molecule has 108 valence electrons. The number of carbonyl (C=O) groups excluding carboxylic acids is 1. The van der Waals surface area contributed by atoms with E-state index in [1.165, 1.54) is 6.08 Å². The molecule has 0 radical (unpaired) electrons. The SMILES string of the molecule is CCCCNC(=O)COc1ccccc1C=CC(=O)O. The summed E-state index contributed by atoms with van der Waals surface area (Å²) in [6.07, 6.45) is 4.42. The van der Waals surface area contributed by atoms with E-state index < -0.39 is 5.97 Å². The van der Waals surface area contributed by atoms with Crippen LogP contribution in [0.5, 0.6) is 5.75 Å². The molecule has 0 aliphatic heterocycles. The molecule has 1 aromatic carbocycles. The molecular weight excluding hydrogens is 258 g/mol. The van der Waals surface area contributed by atoms with E-state index in [1.54, 1.807) is 24.3 Å². The minimum absolute atomic E-state index is 0.0817. The quantitative estimate of drug-likeness (QED) is 0.563. The molecule has 1 aromatic rings. The minimum atomic E-state index is -1.03. The van der Waals surface area contributed by atoms with Gasteiger partial charge >= 0.3 is 5.97 Å². The van der Waals surface area contributed by atoms with Crippen LogP contribution in [-0.2, 0) is 9.59 Å². The number of ether oxygens (including phenoxy) is 1. The van der Waals surface area contributed by atoms with Gasteiger partial charge in [0.1, 0.15) is 5.75 Å². The fourth-order valence-corrected chi connectivity index (χ4v) is 1.51. The number of hydrogen-bond acceptors (Lipinski definition) is 3. The van der Waals surface area contributed by atoms with Crippen LogP contribution in [0, 0.1) is 0 Å². The Kier molecular flexibility index (Phi) is 6.89. The third kappa shape index (κ3) is 6.04. The normalized spacial score (nSPS) is 10.4. The van der Waals surface area contributed by atoms with Crippen LogP contribution in [-0.4, -0.2) is 30.1 Å². The van der Waals surface area contributed by atoms with Gasteiger partial charge in [-0.1, -0.05) is 31.5 Å². The molecule has 0 heterocycles. The number of para-hydroxylation sites is 1. The first-order valence-corrected chi connectivity index (χ1v) is 6.53. The van der Waals surface area contributed by atoms with Crippen LogP contribution >= 0.6 is 0 Å². The second-order valence-electron chi connectivity index (χ2n) is 4.20. The molecule has 0 fully saturated rings. The zero-order chi connectivity index (χ0) is 14.8. The van der Waals surface area contributed by atoms with Gasteiger partial charge in [0.15, 0.2) is 6.61 Å². The van der Waals surface area contributed by atoms with Crippen molar-refractivity contribution < 1.29 is 19.4 Å². The molecule has 1 amide bonds. The highest BCUT2D eigenvalue weighted by molar-refractivity contribution is 5.86. The van der Waals surface area contributed by atoms with Crippen LogP contribution in [0.15, 0.2) is 30.3 Å². The summed E-state index contributed by atoms with van der Waals surface area (Å²) in [5.74, 6) is -0.733. The number of carboxylic acid groups (broad SMARTS) is 1. The Morgan fingerprint density at radius 3 is 2.80 bits per heavy atom. The standard InChI is InChI=1S/C15H19NO4/c1-2-3-10-16-14(17)11-20-13-7-5-4-6-12(13)8-9-15(18)19/h4-9H,2-3,10-11H2,1H3,(H,16,17)(H,18,19). The Balaban J connectivity index is 2.55. The van der Waals surface area contributed by atoms with E-state index >= 15 is 0 Å². The highest BCUT2D eigenvalue weighted by atomic mass is 16.5. The summed E-state index contributed by atoms with van der Waals surface area (Å²) < 4.78 is 5.41. The number of aliphatic carboxylic acids is 1. The molecule has 0 unspecified atom stereocenters. The van der Waals surface area contributed by atoms with E-state index in [0.29, 0.717) is 17.9 Å². The van der Waals surface area contributed by atoms with Gasteiger partial charge in [0, 0.05) is 18.2 Å². The maximum atomic E-state index is 11.5. The van der Waals surface area contributed by atoms with Crippen LogP contribution in [0.4, 0.5) is 0 Å². The number of nitrogens with one attached hydrogen (secondary N) is 1. The van der Waals surface area contributed by atoms with Crippen LogP contribution in [0.2, 0.25) is 0 Å². The van der Waals surface area contributed by atoms with Gasteiger partial charge in [-0.25, -0.2) is 4.79 Å². The summed E-state index contributed by atoms with van der Waals surface area (Å²) in [5, 5.41) is 11.4. The van der Waals surface area contributed by atoms with E-state index in [2.05, 4.69) is 5.32 Å². The highest BCUT2D eigenvalue weighted by Crippen LogP contribution is 2.19. The van der Waals surface area contributed by atoms with Gasteiger partial charge in [0.05, 0.1) is 0 Å². The zero-order valence-electron chi connectivity index (χ0n) is 11.5. The number of carboxylic acids is 1. The van der Waals surface area contributed by atoms with Crippen LogP contribution in [0.3, 0.4) is 0 Å². The van der Waals surface area contributed by atoms with E-state index in [4.69, 9.17) is 9.84 Å². The molecule has 0 saturated heterocycles. The largest absolute Gasteiger partial charge is 0.483 e. The molecule has 0 aromatic heterocycles. The molecule has 0 bridgehead atoms. The van der Waals surface area contributed by atoms with Crippen molar-refractivity contribution in [1.82, 2.24) is 5.32 Å². The molecule has 20 heavy (non-hydrogen) atoms. The number of benzene rings is 1. The smallest absolute Gasteiger partial charge is 0.328 e. The van der Waals surface area contributed by atoms with Crippen molar-refractivity contribution in [3.63, 3.8) is 0 Å². The van der Waals surface area contributed by atoms with Crippen molar-refractivity contribution >= 4 is 18.0 Å². The minimum Gasteiger partial charge on any atom is -0.483 e. The predicted molar refractivity (Wildman–Crippen MR) is 76.5 cm³/mol. The summed E-state index contributed by atoms with van der Waals surface area (Å²) in [5.41, 5.74) is 0.622. The van der Waals surface area contributed by atoms with E-state index in [0.717, 1.165) is 18.9 Å². The Morgan fingerprint density at radius 2 is 2.10 bits per heavy atom. The van der Waals surface area contributed by atoms with Gasteiger partial charge in [-0.3, -0.25) is 4.79 Å². The molecule has 0 atom stereocenters. The molecule has 0 aliphatic rings. The Bertz CT molecular complexity index is 483. The monoisotopic (exact) mass is 277 g/mol. The van der Waals surface area contributed by atoms with Crippen molar-refractivity contribution in [3.05, 3.63) is 35.9 Å². The van der Waals surface area contributed by atoms with E-state index in [9.17, 15) is 9.59 Å². The van der Waals surface area contributed by atoms with Gasteiger partial charge in [-0.05, 0) is 18.6 Å². The maximum Gasteiger partial charge on any atom is 0.328 e. The first-order valence-electron chi connectivity index (χ1n) is 6.53. The summed E-state index contributed by atoms with van der Waals surface area (Å²) in [4.78, 5) is 22.0. The van der Waals surface area contributed by atoms with Crippen molar-refractivity contribution in [2.75, 3.05) is 13.2 Å². The average Bonchev–Trinajstić information content (AvgIpc) is 2.44. The number of carbonyl (C=O) groups is 2. The van der Waals surface area contributed by atoms with Crippen LogP contribution in [0.1, 0.15) is 25.3 Å². The van der Waals surface area contributed by atoms with E-state index in [1.807, 2.05) is 6.92 Å². The topological polar surface area (TPSA) is 75.6 Å². The molecule has 1 rings (SSSR count). The predicted octanol–water partition coefficient (Wildman–Crippen LogP) is 2.08. The third-order valence-electron chi connectivity index (χ3n) is 2.54. The summed E-state index contributed by atoms with van der Waals surface area (Å²) in [7, 11) is 0. The van der Waals surface area contributed by atoms with E-state index in [-0.39, 0.29) is 12.5 Å². The Morgan fingerprint density at radius 1 is 1.35 bits per heavy atom. The Hall–Kier alpha value is -2.30. The first-order chi connectivity index (χ1) is 9.63. The second kappa shape index (κ2) is 8.74. The summed E-state index contributed by atoms with van der Waals surface area (Å²) >= 11 is 0. The summed E-state index contributed by atoms with van der Waals surface area (Å²) in [6.45, 7) is 2.61. The molecule has 5 nitrogen and oxygen atoms in total. The second-order valence-corrected chi connectivity index (χ2v) is 4.20. The maximum absolute atomic E-state index is 11.5. The van der Waals surface area contributed by atoms with Gasteiger partial charge in [-0.2, -0.15) is 0 Å². The lowest BCUT2D eigenvalue weighted by atomic mass is 10.2. The molecule has 0 spiro atoms. The van der Waals surface area contributed by atoms with Crippen LogP contribution < -0.4 is 10.1 Å². The molecule has 0 aliphatic carbocycles. The van der Waals surface area contributed by atoms with Crippen molar-refractivity contribution in [2.24, 2.45) is 0 Å². The Labute approximate surface area is 118 Å². The van der Waals surface area contributed by atoms with Gasteiger partial charge in [0.25, 0.3) is 5.91 Å². The zero-order valence-corrected chi connectivity index (χ0v) is 11.5. The molecule has 0 saturated carbocycles. The number of rotatable bonds is 8. The lowest BCUT2D eigenvalue weighted by Crippen LogP contribution is -2.29.